The highest BCUT2D eigenvalue weighted by atomic mass is 16.1. The number of hydrogen-bond acceptors (Lipinski definition) is 2. The summed E-state index contributed by atoms with van der Waals surface area (Å²) >= 11 is 0. The molecule has 3 heteroatoms. The van der Waals surface area contributed by atoms with Crippen molar-refractivity contribution in [2.45, 2.75) is 26.7 Å². The van der Waals surface area contributed by atoms with Crippen LogP contribution in [0.1, 0.15) is 34.3 Å². The Morgan fingerprint density at radius 1 is 1.05 bits per heavy atom. The van der Waals surface area contributed by atoms with Gasteiger partial charge in [0.25, 0.3) is 5.91 Å². The van der Waals surface area contributed by atoms with E-state index in [1.54, 1.807) is 0 Å². The molecule has 2 aromatic rings. The Bertz CT molecular complexity index is 688. The van der Waals surface area contributed by atoms with E-state index in [2.05, 4.69) is 29.3 Å². The van der Waals surface area contributed by atoms with Crippen molar-refractivity contribution in [2.75, 3.05) is 23.3 Å². The Hall–Kier alpha value is -2.29. The zero-order valence-corrected chi connectivity index (χ0v) is 13.2. The summed E-state index contributed by atoms with van der Waals surface area (Å²) in [4.78, 5) is 14.8. The Labute approximate surface area is 132 Å². The molecule has 1 heterocycles. The van der Waals surface area contributed by atoms with Gasteiger partial charge in [0.05, 0.1) is 0 Å². The smallest absolute Gasteiger partial charge is 0.255 e. The third-order valence-electron chi connectivity index (χ3n) is 4.21. The molecule has 0 spiro atoms. The average molecular weight is 294 g/mol. The van der Waals surface area contributed by atoms with Crippen LogP contribution in [0.4, 0.5) is 11.4 Å². The van der Waals surface area contributed by atoms with Crippen LogP contribution >= 0.6 is 0 Å². The summed E-state index contributed by atoms with van der Waals surface area (Å²) in [6.45, 7) is 6.24. The first-order valence-electron chi connectivity index (χ1n) is 7.87. The maximum absolute atomic E-state index is 12.5. The van der Waals surface area contributed by atoms with E-state index in [1.165, 1.54) is 18.4 Å². The van der Waals surface area contributed by atoms with Crippen LogP contribution in [-0.2, 0) is 0 Å². The predicted molar refractivity (Wildman–Crippen MR) is 91.8 cm³/mol. The van der Waals surface area contributed by atoms with Crippen molar-refractivity contribution < 1.29 is 4.79 Å². The predicted octanol–water partition coefficient (Wildman–Crippen LogP) is 4.16. The fraction of sp³-hybridized carbons (Fsp3) is 0.316. The lowest BCUT2D eigenvalue weighted by molar-refractivity contribution is 0.102. The number of amides is 1. The third kappa shape index (κ3) is 3.14. The summed E-state index contributed by atoms with van der Waals surface area (Å²) in [6, 6.07) is 14.0. The quantitative estimate of drug-likeness (QED) is 0.922. The molecule has 1 aliphatic heterocycles. The molecule has 0 aliphatic carbocycles. The van der Waals surface area contributed by atoms with E-state index in [9.17, 15) is 4.79 Å². The van der Waals surface area contributed by atoms with Gasteiger partial charge in [0.15, 0.2) is 0 Å². The minimum Gasteiger partial charge on any atom is -0.372 e. The fourth-order valence-electron chi connectivity index (χ4n) is 2.97. The van der Waals surface area contributed by atoms with Crippen molar-refractivity contribution in [3.63, 3.8) is 0 Å². The second-order valence-corrected chi connectivity index (χ2v) is 6.02. The molecule has 2 aromatic carbocycles. The highest BCUT2D eigenvalue weighted by Gasteiger charge is 2.14. The molecule has 0 bridgehead atoms. The fourth-order valence-corrected chi connectivity index (χ4v) is 2.97. The van der Waals surface area contributed by atoms with Crippen molar-refractivity contribution in [1.82, 2.24) is 0 Å². The first-order valence-corrected chi connectivity index (χ1v) is 7.87. The maximum Gasteiger partial charge on any atom is 0.255 e. The van der Waals surface area contributed by atoms with Gasteiger partial charge in [-0.25, -0.2) is 0 Å². The van der Waals surface area contributed by atoms with E-state index < -0.39 is 0 Å². The van der Waals surface area contributed by atoms with E-state index in [-0.39, 0.29) is 5.91 Å². The largest absolute Gasteiger partial charge is 0.372 e. The monoisotopic (exact) mass is 294 g/mol. The van der Waals surface area contributed by atoms with Crippen LogP contribution in [0.2, 0.25) is 0 Å². The van der Waals surface area contributed by atoms with Crippen LogP contribution in [0.3, 0.4) is 0 Å². The molecule has 1 amide bonds. The lowest BCUT2D eigenvalue weighted by Gasteiger charge is -2.18. The normalized spacial score (nSPS) is 14.2. The highest BCUT2D eigenvalue weighted by Crippen LogP contribution is 2.22. The number of nitrogens with zero attached hydrogens (tertiary/aromatic N) is 1. The molecular weight excluding hydrogens is 272 g/mol. The Morgan fingerprint density at radius 3 is 2.55 bits per heavy atom. The number of carbonyl (C=O) groups is 1. The van der Waals surface area contributed by atoms with Gasteiger partial charge in [0.2, 0.25) is 0 Å². The van der Waals surface area contributed by atoms with E-state index in [1.807, 2.05) is 37.3 Å². The maximum atomic E-state index is 12.5. The minimum absolute atomic E-state index is 0.0481. The molecule has 1 N–H and O–H groups in total. The van der Waals surface area contributed by atoms with Crippen LogP contribution in [0, 0.1) is 13.8 Å². The van der Waals surface area contributed by atoms with Gasteiger partial charge in [0.1, 0.15) is 0 Å². The molecule has 0 unspecified atom stereocenters. The van der Waals surface area contributed by atoms with Crippen molar-refractivity contribution in [1.29, 1.82) is 0 Å². The molecule has 0 atom stereocenters. The number of hydrogen-bond donors (Lipinski definition) is 1. The van der Waals surface area contributed by atoms with Gasteiger partial charge in [0, 0.05) is 30.0 Å². The first kappa shape index (κ1) is 14.6. The minimum atomic E-state index is -0.0481. The van der Waals surface area contributed by atoms with Crippen molar-refractivity contribution in [3.05, 3.63) is 59.2 Å². The molecule has 0 radical (unpaired) electrons. The molecule has 114 valence electrons. The summed E-state index contributed by atoms with van der Waals surface area (Å²) in [6.07, 6.45) is 2.47. The van der Waals surface area contributed by atoms with Crippen LogP contribution in [0.15, 0.2) is 42.5 Å². The van der Waals surface area contributed by atoms with Crippen molar-refractivity contribution in [3.8, 4) is 0 Å². The summed E-state index contributed by atoms with van der Waals surface area (Å²) in [5.41, 5.74) is 5.02. The molecule has 1 aliphatic rings. The van der Waals surface area contributed by atoms with Gasteiger partial charge >= 0.3 is 0 Å². The Kier molecular flexibility index (Phi) is 4.14. The number of benzene rings is 2. The standard InChI is InChI=1S/C19H22N2O/c1-14-8-9-18(15(2)12-14)20-19(22)16-6-5-7-17(13-16)21-10-3-4-11-21/h5-9,12-13H,3-4,10-11H2,1-2H3,(H,20,22). The van der Waals surface area contributed by atoms with Crippen LogP contribution in [0.25, 0.3) is 0 Å². The van der Waals surface area contributed by atoms with Crippen LogP contribution < -0.4 is 10.2 Å². The number of carbonyl (C=O) groups excluding carboxylic acids is 1. The summed E-state index contributed by atoms with van der Waals surface area (Å²) in [7, 11) is 0. The van der Waals surface area contributed by atoms with Crippen molar-refractivity contribution >= 4 is 17.3 Å². The number of anilines is 2. The average Bonchev–Trinajstić information content (AvgIpc) is 3.04. The number of nitrogens with one attached hydrogen (secondary N) is 1. The van der Waals surface area contributed by atoms with E-state index in [0.29, 0.717) is 5.56 Å². The number of rotatable bonds is 3. The van der Waals surface area contributed by atoms with E-state index in [4.69, 9.17) is 0 Å². The molecule has 1 fully saturated rings. The second kappa shape index (κ2) is 6.22. The van der Waals surface area contributed by atoms with Gasteiger partial charge in [-0.05, 0) is 56.5 Å². The van der Waals surface area contributed by atoms with Gasteiger partial charge in [-0.15, -0.1) is 0 Å². The highest BCUT2D eigenvalue weighted by molar-refractivity contribution is 6.05. The molecule has 0 saturated carbocycles. The molecule has 0 aromatic heterocycles. The zero-order chi connectivity index (χ0) is 15.5. The first-order chi connectivity index (χ1) is 10.6. The van der Waals surface area contributed by atoms with E-state index in [0.717, 1.165) is 30.0 Å². The summed E-state index contributed by atoms with van der Waals surface area (Å²) in [5.74, 6) is -0.0481. The molecule has 1 saturated heterocycles. The van der Waals surface area contributed by atoms with Crippen molar-refractivity contribution in [2.24, 2.45) is 0 Å². The Morgan fingerprint density at radius 2 is 1.82 bits per heavy atom. The number of aryl methyl sites for hydroxylation is 2. The Balaban J connectivity index is 1.78. The third-order valence-corrected chi connectivity index (χ3v) is 4.21. The topological polar surface area (TPSA) is 32.3 Å². The summed E-state index contributed by atoms with van der Waals surface area (Å²) in [5, 5.41) is 3.01. The van der Waals surface area contributed by atoms with Gasteiger partial charge in [-0.3, -0.25) is 4.79 Å². The molecule has 22 heavy (non-hydrogen) atoms. The van der Waals surface area contributed by atoms with Gasteiger partial charge in [-0.2, -0.15) is 0 Å². The van der Waals surface area contributed by atoms with E-state index >= 15 is 0 Å². The van der Waals surface area contributed by atoms with Gasteiger partial charge in [-0.1, -0.05) is 23.8 Å². The molecular formula is C19H22N2O. The van der Waals surface area contributed by atoms with Gasteiger partial charge < -0.3 is 10.2 Å². The van der Waals surface area contributed by atoms with Crippen LogP contribution in [-0.4, -0.2) is 19.0 Å². The molecule has 3 rings (SSSR count). The summed E-state index contributed by atoms with van der Waals surface area (Å²) < 4.78 is 0. The van der Waals surface area contributed by atoms with Crippen LogP contribution in [0.5, 0.6) is 0 Å². The lowest BCUT2D eigenvalue weighted by atomic mass is 10.1. The SMILES string of the molecule is Cc1ccc(NC(=O)c2cccc(N3CCCC3)c2)c(C)c1. The second-order valence-electron chi connectivity index (χ2n) is 6.02. The zero-order valence-electron chi connectivity index (χ0n) is 13.2. The molecule has 3 nitrogen and oxygen atoms in total. The lowest BCUT2D eigenvalue weighted by Crippen LogP contribution is -2.19.